The second kappa shape index (κ2) is 6.52. The number of hydrogen-bond donors (Lipinski definition) is 0. The number of benzene rings is 1. The van der Waals surface area contributed by atoms with E-state index in [1.165, 1.54) is 0 Å². The lowest BCUT2D eigenvalue weighted by molar-refractivity contribution is 0.406. The van der Waals surface area contributed by atoms with E-state index >= 15 is 0 Å². The van der Waals surface area contributed by atoms with E-state index in [9.17, 15) is 8.42 Å². The summed E-state index contributed by atoms with van der Waals surface area (Å²) in [5, 5.41) is 3.96. The molecule has 3 nitrogen and oxygen atoms in total. The van der Waals surface area contributed by atoms with Gasteiger partial charge in [-0.2, -0.15) is 15.6 Å². The van der Waals surface area contributed by atoms with E-state index in [1.807, 2.05) is 42.8 Å². The highest BCUT2D eigenvalue weighted by molar-refractivity contribution is 7.89. The molecule has 1 aromatic carbocycles. The second-order valence-electron chi connectivity index (χ2n) is 4.78. The van der Waals surface area contributed by atoms with Crippen LogP contribution in [-0.2, 0) is 16.6 Å². The fraction of sp³-hybridized carbons (Fsp3) is 0.333. The van der Waals surface area contributed by atoms with Crippen LogP contribution in [0, 0.1) is 6.92 Å². The summed E-state index contributed by atoms with van der Waals surface area (Å²) < 4.78 is 26.9. The van der Waals surface area contributed by atoms with Crippen molar-refractivity contribution in [3.8, 4) is 0 Å². The molecule has 108 valence electrons. The summed E-state index contributed by atoms with van der Waals surface area (Å²) in [6.45, 7) is 4.91. The highest BCUT2D eigenvalue weighted by Crippen LogP contribution is 2.20. The summed E-state index contributed by atoms with van der Waals surface area (Å²) >= 11 is 1.59. The molecule has 0 amide bonds. The molecule has 1 aromatic heterocycles. The minimum Gasteiger partial charge on any atom is -0.207 e. The average Bonchev–Trinajstić information content (AvgIpc) is 2.92. The molecule has 0 saturated heterocycles. The largest absolute Gasteiger partial charge is 0.243 e. The van der Waals surface area contributed by atoms with Gasteiger partial charge in [-0.25, -0.2) is 8.42 Å². The maximum absolute atomic E-state index is 12.7. The number of rotatable bonds is 6. The van der Waals surface area contributed by atoms with Crippen LogP contribution in [0.15, 0.2) is 46.0 Å². The number of hydrogen-bond acceptors (Lipinski definition) is 3. The first-order valence-corrected chi connectivity index (χ1v) is 9.00. The lowest BCUT2D eigenvalue weighted by Gasteiger charge is -2.21. The zero-order valence-corrected chi connectivity index (χ0v) is 13.4. The number of nitrogens with zero attached hydrogens (tertiary/aromatic N) is 1. The van der Waals surface area contributed by atoms with Gasteiger partial charge in [-0.3, -0.25) is 0 Å². The molecule has 2 rings (SSSR count). The monoisotopic (exact) mass is 309 g/mol. The van der Waals surface area contributed by atoms with Crippen LogP contribution in [0.4, 0.5) is 0 Å². The Morgan fingerprint density at radius 2 is 1.85 bits per heavy atom. The molecule has 0 bridgehead atoms. The Hall–Kier alpha value is -1.17. The van der Waals surface area contributed by atoms with Crippen LogP contribution >= 0.6 is 11.3 Å². The third-order valence-corrected chi connectivity index (χ3v) is 5.66. The Labute approximate surface area is 124 Å². The Bertz CT molecular complexity index is 631. The predicted molar refractivity (Wildman–Crippen MR) is 83.4 cm³/mol. The quantitative estimate of drug-likeness (QED) is 0.816. The molecule has 0 fully saturated rings. The van der Waals surface area contributed by atoms with Gasteiger partial charge in [0.05, 0.1) is 4.90 Å². The van der Waals surface area contributed by atoms with Crippen molar-refractivity contribution in [2.24, 2.45) is 0 Å². The topological polar surface area (TPSA) is 37.4 Å². The molecule has 0 aliphatic rings. The highest BCUT2D eigenvalue weighted by atomic mass is 32.2. The van der Waals surface area contributed by atoms with Crippen molar-refractivity contribution < 1.29 is 8.42 Å². The van der Waals surface area contributed by atoms with Crippen LogP contribution in [0.2, 0.25) is 0 Å². The smallest absolute Gasteiger partial charge is 0.207 e. The molecule has 0 N–H and O–H groups in total. The molecule has 1 heterocycles. The Morgan fingerprint density at radius 3 is 2.40 bits per heavy atom. The molecule has 0 unspecified atom stereocenters. The molecule has 20 heavy (non-hydrogen) atoms. The zero-order valence-electron chi connectivity index (χ0n) is 11.7. The van der Waals surface area contributed by atoms with E-state index in [1.54, 1.807) is 27.8 Å². The van der Waals surface area contributed by atoms with Crippen molar-refractivity contribution in [3.63, 3.8) is 0 Å². The summed E-state index contributed by atoms with van der Waals surface area (Å²) in [5.41, 5.74) is 2.10. The highest BCUT2D eigenvalue weighted by Gasteiger charge is 2.23. The Kier molecular flexibility index (Phi) is 4.96. The van der Waals surface area contributed by atoms with Gasteiger partial charge >= 0.3 is 0 Å². The van der Waals surface area contributed by atoms with Gasteiger partial charge in [0.25, 0.3) is 0 Å². The van der Waals surface area contributed by atoms with Crippen molar-refractivity contribution in [1.82, 2.24) is 4.31 Å². The Balaban J connectivity index is 2.29. The van der Waals surface area contributed by atoms with Gasteiger partial charge in [0.2, 0.25) is 10.0 Å². The number of thiophene rings is 1. The molecule has 0 radical (unpaired) electrons. The minimum absolute atomic E-state index is 0.367. The number of aryl methyl sites for hydroxylation is 1. The molecule has 0 spiro atoms. The standard InChI is InChI=1S/C15H19NO2S2/c1-3-9-16(11-14-8-10-19-12-14)20(17,18)15-6-4-13(2)5-7-15/h4-8,10,12H,3,9,11H2,1-2H3. The van der Waals surface area contributed by atoms with Gasteiger partial charge in [0.15, 0.2) is 0 Å². The van der Waals surface area contributed by atoms with Gasteiger partial charge < -0.3 is 0 Å². The molecule has 0 saturated carbocycles. The number of sulfonamides is 1. The van der Waals surface area contributed by atoms with E-state index in [2.05, 4.69) is 0 Å². The van der Waals surface area contributed by atoms with Crippen molar-refractivity contribution in [3.05, 3.63) is 52.2 Å². The molecule has 5 heteroatoms. The van der Waals surface area contributed by atoms with Crippen molar-refractivity contribution in [2.45, 2.75) is 31.7 Å². The van der Waals surface area contributed by atoms with Crippen LogP contribution in [0.3, 0.4) is 0 Å². The van der Waals surface area contributed by atoms with Crippen molar-refractivity contribution >= 4 is 21.4 Å². The molecular weight excluding hydrogens is 290 g/mol. The molecule has 0 atom stereocenters. The summed E-state index contributed by atoms with van der Waals surface area (Å²) in [4.78, 5) is 0.367. The van der Waals surface area contributed by atoms with E-state index in [0.717, 1.165) is 17.5 Å². The summed E-state index contributed by atoms with van der Waals surface area (Å²) in [7, 11) is -3.42. The maximum Gasteiger partial charge on any atom is 0.243 e. The lowest BCUT2D eigenvalue weighted by atomic mass is 10.2. The van der Waals surface area contributed by atoms with Gasteiger partial charge in [-0.05, 0) is 47.9 Å². The predicted octanol–water partition coefficient (Wildman–Crippen LogP) is 3.66. The second-order valence-corrected chi connectivity index (χ2v) is 7.50. The van der Waals surface area contributed by atoms with Crippen LogP contribution < -0.4 is 0 Å². The lowest BCUT2D eigenvalue weighted by Crippen LogP contribution is -2.31. The normalized spacial score (nSPS) is 11.9. The van der Waals surface area contributed by atoms with E-state index in [-0.39, 0.29) is 0 Å². The van der Waals surface area contributed by atoms with Crippen LogP contribution in [0.25, 0.3) is 0 Å². The Morgan fingerprint density at radius 1 is 1.15 bits per heavy atom. The van der Waals surface area contributed by atoms with E-state index < -0.39 is 10.0 Å². The maximum atomic E-state index is 12.7. The van der Waals surface area contributed by atoms with Gasteiger partial charge in [-0.1, -0.05) is 24.6 Å². The van der Waals surface area contributed by atoms with Crippen molar-refractivity contribution in [1.29, 1.82) is 0 Å². The molecule has 2 aromatic rings. The van der Waals surface area contributed by atoms with Gasteiger partial charge in [-0.15, -0.1) is 0 Å². The SMILES string of the molecule is CCCN(Cc1ccsc1)S(=O)(=O)c1ccc(C)cc1. The summed E-state index contributed by atoms with van der Waals surface area (Å²) in [6, 6.07) is 9.00. The average molecular weight is 309 g/mol. The third kappa shape index (κ3) is 3.48. The molecule has 0 aliphatic carbocycles. The first kappa shape index (κ1) is 15.2. The van der Waals surface area contributed by atoms with Crippen molar-refractivity contribution in [2.75, 3.05) is 6.54 Å². The van der Waals surface area contributed by atoms with Crippen LogP contribution in [-0.4, -0.2) is 19.3 Å². The summed E-state index contributed by atoms with van der Waals surface area (Å²) in [5.74, 6) is 0. The summed E-state index contributed by atoms with van der Waals surface area (Å²) in [6.07, 6.45) is 0.801. The fourth-order valence-electron chi connectivity index (χ4n) is 1.98. The van der Waals surface area contributed by atoms with Crippen LogP contribution in [0.5, 0.6) is 0 Å². The minimum atomic E-state index is -3.42. The van der Waals surface area contributed by atoms with Gasteiger partial charge in [0, 0.05) is 13.1 Å². The van der Waals surface area contributed by atoms with Gasteiger partial charge in [0.1, 0.15) is 0 Å². The molecular formula is C15H19NO2S2. The van der Waals surface area contributed by atoms with Crippen LogP contribution in [0.1, 0.15) is 24.5 Å². The third-order valence-electron chi connectivity index (χ3n) is 3.07. The zero-order chi connectivity index (χ0) is 14.6. The fourth-order valence-corrected chi connectivity index (χ4v) is 4.16. The first-order valence-electron chi connectivity index (χ1n) is 6.62. The van der Waals surface area contributed by atoms with E-state index in [0.29, 0.717) is 18.0 Å². The van der Waals surface area contributed by atoms with E-state index in [4.69, 9.17) is 0 Å². The molecule has 0 aliphatic heterocycles. The first-order chi connectivity index (χ1) is 9.54.